The first-order valence-electron chi connectivity index (χ1n) is 18.0. The van der Waals surface area contributed by atoms with Crippen LogP contribution in [-0.4, -0.2) is 9.13 Å². The molecule has 0 bridgehead atoms. The summed E-state index contributed by atoms with van der Waals surface area (Å²) in [7, 11) is 0. The van der Waals surface area contributed by atoms with Crippen LogP contribution in [0.15, 0.2) is 170 Å². The Labute approximate surface area is 304 Å². The Morgan fingerprint density at radius 2 is 0.942 bits per heavy atom. The fraction of sp³-hybridized carbons (Fsp3) is 0.0204. The molecule has 0 unspecified atom stereocenters. The van der Waals surface area contributed by atoms with Crippen molar-refractivity contribution >= 4 is 75.1 Å². The van der Waals surface area contributed by atoms with Crippen LogP contribution in [0.5, 0.6) is 0 Å². The molecule has 1 aliphatic rings. The molecule has 12 rings (SSSR count). The molecule has 0 aliphatic heterocycles. The van der Waals surface area contributed by atoms with Crippen molar-refractivity contribution in [2.45, 2.75) is 6.42 Å². The van der Waals surface area contributed by atoms with Gasteiger partial charge in [-0.2, -0.15) is 0 Å². The van der Waals surface area contributed by atoms with Crippen molar-refractivity contribution in [3.63, 3.8) is 0 Å². The van der Waals surface area contributed by atoms with Crippen molar-refractivity contribution in [2.24, 2.45) is 0 Å². The minimum atomic E-state index is 0.919. The molecule has 3 aromatic heterocycles. The Morgan fingerprint density at radius 1 is 0.385 bits per heavy atom. The fourth-order valence-corrected chi connectivity index (χ4v) is 10.3. The molecule has 0 atom stereocenters. The highest BCUT2D eigenvalue weighted by molar-refractivity contribution is 7.26. The molecule has 2 nitrogen and oxygen atoms in total. The van der Waals surface area contributed by atoms with Gasteiger partial charge >= 0.3 is 0 Å². The summed E-state index contributed by atoms with van der Waals surface area (Å²) in [4.78, 5) is 0. The molecule has 3 heterocycles. The van der Waals surface area contributed by atoms with Gasteiger partial charge in [-0.15, -0.1) is 11.3 Å². The van der Waals surface area contributed by atoms with Gasteiger partial charge in [0.1, 0.15) is 0 Å². The van der Waals surface area contributed by atoms with Crippen molar-refractivity contribution in [3.8, 4) is 33.6 Å². The SMILES string of the molecule is c1cc2c(c(-n3c4ccccc4c4ccccc43)c1)Cc1ccc(-c3cc(-n4c5ccccc5c5ccccc54)c4sc5ccccc5c4c3)cc1-2. The van der Waals surface area contributed by atoms with Gasteiger partial charge in [0.15, 0.2) is 0 Å². The fourth-order valence-electron chi connectivity index (χ4n) is 9.08. The summed E-state index contributed by atoms with van der Waals surface area (Å²) in [6.45, 7) is 0. The molecule has 3 heteroatoms. The number of aromatic nitrogens is 2. The summed E-state index contributed by atoms with van der Waals surface area (Å²) in [5, 5.41) is 7.78. The molecule has 0 saturated heterocycles. The normalized spacial score (nSPS) is 12.5. The molecule has 0 spiro atoms. The van der Waals surface area contributed by atoms with Gasteiger partial charge in [-0.05, 0) is 88.0 Å². The summed E-state index contributed by atoms with van der Waals surface area (Å²) < 4.78 is 7.60. The number of benzene rings is 8. The summed E-state index contributed by atoms with van der Waals surface area (Å²) in [5.41, 5.74) is 15.4. The van der Waals surface area contributed by atoms with Crippen LogP contribution in [0.2, 0.25) is 0 Å². The van der Waals surface area contributed by atoms with E-state index in [-0.39, 0.29) is 0 Å². The summed E-state index contributed by atoms with van der Waals surface area (Å²) in [5.74, 6) is 0. The lowest BCUT2D eigenvalue weighted by molar-refractivity contribution is 1.12. The van der Waals surface area contributed by atoms with Crippen LogP contribution >= 0.6 is 11.3 Å². The van der Waals surface area contributed by atoms with Crippen LogP contribution in [0.1, 0.15) is 11.1 Å². The van der Waals surface area contributed by atoms with Crippen LogP contribution in [0.25, 0.3) is 97.4 Å². The number of para-hydroxylation sites is 4. The number of nitrogens with zero attached hydrogens (tertiary/aromatic N) is 2. The van der Waals surface area contributed by atoms with Gasteiger partial charge in [0.2, 0.25) is 0 Å². The number of thiophene rings is 1. The van der Waals surface area contributed by atoms with E-state index in [1.807, 2.05) is 11.3 Å². The van der Waals surface area contributed by atoms with E-state index in [1.54, 1.807) is 0 Å². The maximum atomic E-state index is 2.49. The van der Waals surface area contributed by atoms with Crippen LogP contribution in [0.4, 0.5) is 0 Å². The maximum Gasteiger partial charge on any atom is 0.0647 e. The molecular formula is C49H30N2S. The van der Waals surface area contributed by atoms with Gasteiger partial charge in [0, 0.05) is 43.4 Å². The standard InChI is InChI=1S/C49H30N2S/c1-6-18-42-34(12-1)35-13-2-7-19-43(35)50(42)46-22-11-17-33-39-26-30(24-25-31(39)27-40(33)46)32-28-41-38-16-5-10-23-48(38)52-49(41)47(29-32)51-44-20-8-3-14-36(44)37-15-4-9-21-45(37)51/h1-26,28-29H,27H2. The lowest BCUT2D eigenvalue weighted by atomic mass is 9.96. The third-order valence-corrected chi connectivity index (χ3v) is 12.6. The van der Waals surface area contributed by atoms with Crippen molar-refractivity contribution < 1.29 is 0 Å². The monoisotopic (exact) mass is 678 g/mol. The predicted octanol–water partition coefficient (Wildman–Crippen LogP) is 13.5. The maximum absolute atomic E-state index is 2.49. The van der Waals surface area contributed by atoms with Crippen molar-refractivity contribution in [1.29, 1.82) is 0 Å². The lowest BCUT2D eigenvalue weighted by Crippen LogP contribution is -1.98. The smallest absolute Gasteiger partial charge is 0.0647 e. The quantitative estimate of drug-likeness (QED) is 0.176. The Bertz CT molecular complexity index is 3170. The number of hydrogen-bond donors (Lipinski definition) is 0. The zero-order valence-corrected chi connectivity index (χ0v) is 29.0. The van der Waals surface area contributed by atoms with Crippen molar-refractivity contribution in [2.75, 3.05) is 0 Å². The number of fused-ring (bicyclic) bond motifs is 12. The average molecular weight is 679 g/mol. The third-order valence-electron chi connectivity index (χ3n) is 11.4. The Kier molecular flexibility index (Phi) is 5.74. The Hall–Kier alpha value is -6.42. The van der Waals surface area contributed by atoms with Gasteiger partial charge in [-0.3, -0.25) is 0 Å². The summed E-state index contributed by atoms with van der Waals surface area (Å²) >= 11 is 1.90. The second kappa shape index (κ2) is 10.6. The van der Waals surface area contributed by atoms with E-state index < -0.39 is 0 Å². The first-order valence-corrected chi connectivity index (χ1v) is 18.8. The molecule has 11 aromatic rings. The first-order chi connectivity index (χ1) is 25.8. The number of hydrogen-bond acceptors (Lipinski definition) is 1. The van der Waals surface area contributed by atoms with Crippen molar-refractivity contribution in [3.05, 3.63) is 181 Å². The molecule has 0 fully saturated rings. The highest BCUT2D eigenvalue weighted by Crippen LogP contribution is 2.46. The van der Waals surface area contributed by atoms with Gasteiger partial charge in [-0.25, -0.2) is 0 Å². The van der Waals surface area contributed by atoms with Crippen molar-refractivity contribution in [1.82, 2.24) is 9.13 Å². The van der Waals surface area contributed by atoms with E-state index in [9.17, 15) is 0 Å². The largest absolute Gasteiger partial charge is 0.309 e. The van der Waals surface area contributed by atoms with E-state index in [4.69, 9.17) is 0 Å². The van der Waals surface area contributed by atoms with Crippen LogP contribution in [0.3, 0.4) is 0 Å². The number of rotatable bonds is 3. The molecule has 0 radical (unpaired) electrons. The molecular weight excluding hydrogens is 649 g/mol. The van der Waals surface area contributed by atoms with Crippen LogP contribution in [-0.2, 0) is 6.42 Å². The van der Waals surface area contributed by atoms with Gasteiger partial charge < -0.3 is 9.13 Å². The zero-order chi connectivity index (χ0) is 33.9. The molecule has 0 amide bonds. The lowest BCUT2D eigenvalue weighted by Gasteiger charge is -2.14. The molecule has 0 saturated carbocycles. The van der Waals surface area contributed by atoms with E-state index in [0.29, 0.717) is 0 Å². The molecule has 52 heavy (non-hydrogen) atoms. The summed E-state index contributed by atoms with van der Waals surface area (Å²) in [6, 6.07) is 63.0. The molecule has 0 N–H and O–H groups in total. The highest BCUT2D eigenvalue weighted by atomic mass is 32.1. The predicted molar refractivity (Wildman–Crippen MR) is 222 cm³/mol. The first kappa shape index (κ1) is 28.3. The third kappa shape index (κ3) is 3.83. The van der Waals surface area contributed by atoms with E-state index >= 15 is 0 Å². The van der Waals surface area contributed by atoms with E-state index in [2.05, 4.69) is 179 Å². The van der Waals surface area contributed by atoms with E-state index in [1.165, 1.54) is 109 Å². The Morgan fingerprint density at radius 3 is 1.58 bits per heavy atom. The molecule has 242 valence electrons. The highest BCUT2D eigenvalue weighted by Gasteiger charge is 2.25. The van der Waals surface area contributed by atoms with E-state index in [0.717, 1.165) is 6.42 Å². The van der Waals surface area contributed by atoms with Gasteiger partial charge in [-0.1, -0.05) is 115 Å². The average Bonchev–Trinajstić information content (AvgIpc) is 3.95. The second-order valence-corrected chi connectivity index (χ2v) is 15.1. The topological polar surface area (TPSA) is 9.86 Å². The summed E-state index contributed by atoms with van der Waals surface area (Å²) in [6.07, 6.45) is 0.919. The van der Waals surface area contributed by atoms with Crippen LogP contribution in [0, 0.1) is 0 Å². The Balaban J connectivity index is 1.09. The van der Waals surface area contributed by atoms with Gasteiger partial charge in [0.05, 0.1) is 38.1 Å². The van der Waals surface area contributed by atoms with Gasteiger partial charge in [0.25, 0.3) is 0 Å². The minimum absolute atomic E-state index is 0.919. The minimum Gasteiger partial charge on any atom is -0.309 e. The molecule has 8 aromatic carbocycles. The molecule has 1 aliphatic carbocycles. The second-order valence-electron chi connectivity index (χ2n) is 14.1. The van der Waals surface area contributed by atoms with Crippen LogP contribution < -0.4 is 0 Å². The zero-order valence-electron chi connectivity index (χ0n) is 28.2.